The maximum atomic E-state index is 11.5. The molecule has 3 rings (SSSR count). The zero-order valence-corrected chi connectivity index (χ0v) is 11.8. The van der Waals surface area contributed by atoms with Gasteiger partial charge in [-0.05, 0) is 23.6 Å². The van der Waals surface area contributed by atoms with Gasteiger partial charge < -0.3 is 0 Å². The molecule has 0 unspecified atom stereocenters. The van der Waals surface area contributed by atoms with E-state index in [1.54, 1.807) is 30.5 Å². The van der Waals surface area contributed by atoms with E-state index < -0.39 is 9.84 Å². The minimum absolute atomic E-state index is 0.321. The summed E-state index contributed by atoms with van der Waals surface area (Å²) < 4.78 is 23.0. The van der Waals surface area contributed by atoms with E-state index in [9.17, 15) is 8.42 Å². The molecule has 4 heteroatoms. The molecule has 2 aromatic carbocycles. The van der Waals surface area contributed by atoms with Crippen molar-refractivity contribution in [3.8, 4) is 11.3 Å². The van der Waals surface area contributed by atoms with Crippen LogP contribution < -0.4 is 0 Å². The number of fused-ring (bicyclic) bond motifs is 1. The molecule has 20 heavy (non-hydrogen) atoms. The average molecular weight is 283 g/mol. The summed E-state index contributed by atoms with van der Waals surface area (Å²) in [6.45, 7) is 0. The van der Waals surface area contributed by atoms with Crippen LogP contribution in [0.5, 0.6) is 0 Å². The molecule has 0 saturated carbocycles. The van der Waals surface area contributed by atoms with Crippen LogP contribution in [0, 0.1) is 0 Å². The number of nitrogens with zero attached hydrogens (tertiary/aromatic N) is 1. The second kappa shape index (κ2) is 4.72. The lowest BCUT2D eigenvalue weighted by atomic mass is 10.0. The van der Waals surface area contributed by atoms with Gasteiger partial charge in [-0.1, -0.05) is 36.4 Å². The zero-order chi connectivity index (χ0) is 14.2. The van der Waals surface area contributed by atoms with Crippen LogP contribution in [0.3, 0.4) is 0 Å². The maximum Gasteiger partial charge on any atom is 0.175 e. The number of sulfone groups is 1. The van der Waals surface area contributed by atoms with Crippen LogP contribution in [0.1, 0.15) is 0 Å². The molecule has 0 fully saturated rings. The molecule has 0 bridgehead atoms. The fourth-order valence-corrected chi connectivity index (χ4v) is 2.84. The smallest absolute Gasteiger partial charge is 0.175 e. The van der Waals surface area contributed by atoms with Gasteiger partial charge in [0.05, 0.1) is 10.6 Å². The molecule has 0 atom stereocenters. The van der Waals surface area contributed by atoms with Crippen molar-refractivity contribution in [2.45, 2.75) is 4.90 Å². The van der Waals surface area contributed by atoms with Crippen molar-refractivity contribution >= 4 is 20.6 Å². The van der Waals surface area contributed by atoms with Gasteiger partial charge in [-0.15, -0.1) is 0 Å². The summed E-state index contributed by atoms with van der Waals surface area (Å²) in [6.07, 6.45) is 2.97. The lowest BCUT2D eigenvalue weighted by Gasteiger charge is -2.06. The van der Waals surface area contributed by atoms with Crippen LogP contribution in [0.4, 0.5) is 0 Å². The Bertz CT molecular complexity index is 863. The van der Waals surface area contributed by atoms with E-state index >= 15 is 0 Å². The number of aromatic nitrogens is 1. The third-order valence-corrected chi connectivity index (χ3v) is 4.36. The summed E-state index contributed by atoms with van der Waals surface area (Å²) >= 11 is 0. The van der Waals surface area contributed by atoms with Gasteiger partial charge in [-0.2, -0.15) is 0 Å². The molecule has 0 aliphatic rings. The van der Waals surface area contributed by atoms with Crippen LogP contribution in [0.2, 0.25) is 0 Å². The Morgan fingerprint density at radius 2 is 1.60 bits per heavy atom. The number of hydrogen-bond donors (Lipinski definition) is 0. The minimum Gasteiger partial charge on any atom is -0.256 e. The normalized spacial score (nSPS) is 11.7. The average Bonchev–Trinajstić information content (AvgIpc) is 2.46. The molecule has 3 aromatic rings. The third-order valence-electron chi connectivity index (χ3n) is 3.23. The van der Waals surface area contributed by atoms with E-state index in [4.69, 9.17) is 0 Å². The van der Waals surface area contributed by atoms with Gasteiger partial charge in [0, 0.05) is 23.4 Å². The molecule has 0 radical (unpaired) electrons. The second-order valence-corrected chi connectivity index (χ2v) is 6.69. The predicted molar refractivity (Wildman–Crippen MR) is 80.3 cm³/mol. The summed E-state index contributed by atoms with van der Waals surface area (Å²) in [5.41, 5.74) is 1.78. The van der Waals surface area contributed by atoms with Crippen molar-refractivity contribution in [1.29, 1.82) is 0 Å². The number of benzene rings is 2. The molecule has 0 amide bonds. The van der Waals surface area contributed by atoms with Crippen LogP contribution in [-0.4, -0.2) is 19.7 Å². The van der Waals surface area contributed by atoms with Crippen molar-refractivity contribution in [1.82, 2.24) is 4.98 Å². The highest BCUT2D eigenvalue weighted by Gasteiger charge is 2.09. The molecular formula is C16H13NO2S. The van der Waals surface area contributed by atoms with Crippen LogP contribution in [0.15, 0.2) is 65.7 Å². The zero-order valence-electron chi connectivity index (χ0n) is 10.9. The van der Waals surface area contributed by atoms with Crippen molar-refractivity contribution in [2.75, 3.05) is 6.26 Å². The van der Waals surface area contributed by atoms with E-state index in [-0.39, 0.29) is 0 Å². The van der Waals surface area contributed by atoms with Crippen molar-refractivity contribution in [2.24, 2.45) is 0 Å². The van der Waals surface area contributed by atoms with Gasteiger partial charge in [-0.25, -0.2) is 8.42 Å². The lowest BCUT2D eigenvalue weighted by molar-refractivity contribution is 0.602. The highest BCUT2D eigenvalue weighted by atomic mass is 32.2. The first-order valence-electron chi connectivity index (χ1n) is 6.20. The number of rotatable bonds is 2. The molecule has 1 heterocycles. The van der Waals surface area contributed by atoms with Gasteiger partial charge >= 0.3 is 0 Å². The van der Waals surface area contributed by atoms with Gasteiger partial charge in [0.1, 0.15) is 0 Å². The lowest BCUT2D eigenvalue weighted by Crippen LogP contribution is -1.96. The quantitative estimate of drug-likeness (QED) is 0.725. The SMILES string of the molecule is CS(=O)(=O)c1ccc(-c2nccc3ccccc23)cc1. The van der Waals surface area contributed by atoms with Crippen molar-refractivity contribution < 1.29 is 8.42 Å². The topological polar surface area (TPSA) is 47.0 Å². The third kappa shape index (κ3) is 2.30. The number of pyridine rings is 1. The monoisotopic (exact) mass is 283 g/mol. The molecule has 0 aliphatic heterocycles. The van der Waals surface area contributed by atoms with Gasteiger partial charge in [-0.3, -0.25) is 4.98 Å². The molecule has 0 spiro atoms. The Balaban J connectivity index is 2.17. The van der Waals surface area contributed by atoms with E-state index in [1.165, 1.54) is 6.26 Å². The Hall–Kier alpha value is -2.20. The molecular weight excluding hydrogens is 270 g/mol. The maximum absolute atomic E-state index is 11.5. The predicted octanol–water partition coefficient (Wildman–Crippen LogP) is 3.31. The first-order chi connectivity index (χ1) is 9.55. The van der Waals surface area contributed by atoms with E-state index in [2.05, 4.69) is 4.98 Å². The minimum atomic E-state index is -3.16. The van der Waals surface area contributed by atoms with Crippen LogP contribution >= 0.6 is 0 Å². The Kier molecular flexibility index (Phi) is 3.03. The standard InChI is InChI=1S/C16H13NO2S/c1-20(18,19)14-8-6-13(7-9-14)16-15-5-3-2-4-12(15)10-11-17-16/h2-11H,1H3. The Labute approximate surface area is 117 Å². The summed E-state index contributed by atoms with van der Waals surface area (Å²) in [7, 11) is -3.16. The second-order valence-electron chi connectivity index (χ2n) is 4.68. The molecule has 3 nitrogen and oxygen atoms in total. The van der Waals surface area contributed by atoms with Crippen molar-refractivity contribution in [3.05, 3.63) is 60.8 Å². The van der Waals surface area contributed by atoms with Crippen LogP contribution in [-0.2, 0) is 9.84 Å². The Morgan fingerprint density at radius 3 is 2.30 bits per heavy atom. The van der Waals surface area contributed by atoms with Gasteiger partial charge in [0.2, 0.25) is 0 Å². The highest BCUT2D eigenvalue weighted by Crippen LogP contribution is 2.26. The largest absolute Gasteiger partial charge is 0.256 e. The van der Waals surface area contributed by atoms with E-state index in [0.717, 1.165) is 22.0 Å². The first kappa shape index (κ1) is 12.8. The first-order valence-corrected chi connectivity index (χ1v) is 8.09. The molecule has 0 aliphatic carbocycles. The fraction of sp³-hybridized carbons (Fsp3) is 0.0625. The highest BCUT2D eigenvalue weighted by molar-refractivity contribution is 7.90. The van der Waals surface area contributed by atoms with Gasteiger partial charge in [0.25, 0.3) is 0 Å². The van der Waals surface area contributed by atoms with Crippen LogP contribution in [0.25, 0.3) is 22.0 Å². The number of hydrogen-bond acceptors (Lipinski definition) is 3. The molecule has 0 saturated heterocycles. The van der Waals surface area contributed by atoms with Crippen molar-refractivity contribution in [3.63, 3.8) is 0 Å². The molecule has 100 valence electrons. The molecule has 0 N–H and O–H groups in total. The fourth-order valence-electron chi connectivity index (χ4n) is 2.21. The van der Waals surface area contributed by atoms with E-state index in [0.29, 0.717) is 4.90 Å². The molecule has 1 aromatic heterocycles. The summed E-state index contributed by atoms with van der Waals surface area (Å²) in [6, 6.07) is 16.8. The Morgan fingerprint density at radius 1 is 0.900 bits per heavy atom. The van der Waals surface area contributed by atoms with E-state index in [1.807, 2.05) is 30.3 Å². The summed E-state index contributed by atoms with van der Waals surface area (Å²) in [5.74, 6) is 0. The summed E-state index contributed by atoms with van der Waals surface area (Å²) in [5, 5.41) is 2.17. The summed E-state index contributed by atoms with van der Waals surface area (Å²) in [4.78, 5) is 4.74. The van der Waals surface area contributed by atoms with Gasteiger partial charge in [0.15, 0.2) is 9.84 Å².